The van der Waals surface area contributed by atoms with E-state index in [1.807, 2.05) is 0 Å². The summed E-state index contributed by atoms with van der Waals surface area (Å²) in [5.74, 6) is 0. The zero-order valence-corrected chi connectivity index (χ0v) is 13.4. The molecule has 1 fully saturated rings. The van der Waals surface area contributed by atoms with Crippen LogP contribution < -0.4 is 5.32 Å². The largest absolute Gasteiger partial charge is 0.315 e. The Hall–Kier alpha value is -0.380. The van der Waals surface area contributed by atoms with Gasteiger partial charge in [0.25, 0.3) is 0 Å². The SMILES string of the molecule is CC(C)(C)CCNCCN(Cc1ccsc1)C1CC1. The first-order valence-corrected chi connectivity index (χ1v) is 8.45. The van der Waals surface area contributed by atoms with Gasteiger partial charge in [-0.05, 0) is 53.6 Å². The Morgan fingerprint density at radius 2 is 2.11 bits per heavy atom. The molecule has 0 radical (unpaired) electrons. The zero-order valence-electron chi connectivity index (χ0n) is 12.6. The first kappa shape index (κ1) is 15.0. The first-order valence-electron chi connectivity index (χ1n) is 7.50. The van der Waals surface area contributed by atoms with Crippen molar-refractivity contribution in [1.29, 1.82) is 0 Å². The van der Waals surface area contributed by atoms with Crippen LogP contribution in [0.5, 0.6) is 0 Å². The molecule has 0 saturated heterocycles. The third-order valence-corrected chi connectivity index (χ3v) is 4.39. The smallest absolute Gasteiger partial charge is 0.0245 e. The molecule has 0 aromatic carbocycles. The Labute approximate surface area is 122 Å². The molecule has 0 aliphatic heterocycles. The summed E-state index contributed by atoms with van der Waals surface area (Å²) in [6.07, 6.45) is 4.04. The van der Waals surface area contributed by atoms with Crippen LogP contribution in [0.2, 0.25) is 0 Å². The molecule has 1 heterocycles. The molecule has 108 valence electrons. The summed E-state index contributed by atoms with van der Waals surface area (Å²) >= 11 is 1.81. The van der Waals surface area contributed by atoms with Gasteiger partial charge in [-0.1, -0.05) is 20.8 Å². The topological polar surface area (TPSA) is 15.3 Å². The Morgan fingerprint density at radius 1 is 1.32 bits per heavy atom. The fourth-order valence-corrected chi connectivity index (χ4v) is 2.92. The van der Waals surface area contributed by atoms with Crippen molar-refractivity contribution in [3.63, 3.8) is 0 Å². The van der Waals surface area contributed by atoms with Gasteiger partial charge < -0.3 is 5.32 Å². The molecule has 0 spiro atoms. The van der Waals surface area contributed by atoms with Gasteiger partial charge in [-0.15, -0.1) is 0 Å². The highest BCUT2D eigenvalue weighted by Crippen LogP contribution is 2.28. The molecule has 1 saturated carbocycles. The van der Waals surface area contributed by atoms with Crippen molar-refractivity contribution in [1.82, 2.24) is 10.2 Å². The van der Waals surface area contributed by atoms with Crippen molar-refractivity contribution in [3.8, 4) is 0 Å². The van der Waals surface area contributed by atoms with E-state index in [0.29, 0.717) is 5.41 Å². The lowest BCUT2D eigenvalue weighted by atomic mass is 9.92. The van der Waals surface area contributed by atoms with Crippen molar-refractivity contribution in [2.24, 2.45) is 5.41 Å². The molecule has 3 heteroatoms. The second-order valence-corrected chi connectivity index (χ2v) is 7.67. The lowest BCUT2D eigenvalue weighted by molar-refractivity contribution is 0.252. The number of rotatable bonds is 8. The van der Waals surface area contributed by atoms with Crippen molar-refractivity contribution in [2.75, 3.05) is 19.6 Å². The van der Waals surface area contributed by atoms with Gasteiger partial charge in [0.2, 0.25) is 0 Å². The summed E-state index contributed by atoms with van der Waals surface area (Å²) in [6, 6.07) is 3.11. The molecule has 0 bridgehead atoms. The standard InChI is InChI=1S/C16H28N2S/c1-16(2,3)7-8-17-9-10-18(15-4-5-15)12-14-6-11-19-13-14/h6,11,13,15,17H,4-5,7-10,12H2,1-3H3. The predicted octanol–water partition coefficient (Wildman–Crippen LogP) is 3.74. The maximum Gasteiger partial charge on any atom is 0.0245 e. The molecular weight excluding hydrogens is 252 g/mol. The van der Waals surface area contributed by atoms with E-state index in [9.17, 15) is 0 Å². The zero-order chi connectivity index (χ0) is 13.7. The van der Waals surface area contributed by atoms with E-state index in [-0.39, 0.29) is 0 Å². The molecule has 0 amide bonds. The molecule has 1 aromatic heterocycles. The van der Waals surface area contributed by atoms with Gasteiger partial charge in [0.15, 0.2) is 0 Å². The van der Waals surface area contributed by atoms with E-state index in [1.54, 1.807) is 11.3 Å². The van der Waals surface area contributed by atoms with Crippen molar-refractivity contribution in [3.05, 3.63) is 22.4 Å². The van der Waals surface area contributed by atoms with E-state index in [1.165, 1.54) is 31.4 Å². The van der Waals surface area contributed by atoms with Crippen LogP contribution in [-0.2, 0) is 6.54 Å². The fraction of sp³-hybridized carbons (Fsp3) is 0.750. The van der Waals surface area contributed by atoms with E-state index >= 15 is 0 Å². The average molecular weight is 280 g/mol. The minimum Gasteiger partial charge on any atom is -0.315 e. The Kier molecular flexibility index (Phi) is 5.43. The van der Waals surface area contributed by atoms with Crippen molar-refractivity contribution < 1.29 is 0 Å². The quantitative estimate of drug-likeness (QED) is 0.730. The van der Waals surface area contributed by atoms with Gasteiger partial charge in [0, 0.05) is 25.7 Å². The Morgan fingerprint density at radius 3 is 2.68 bits per heavy atom. The molecule has 1 aliphatic rings. The van der Waals surface area contributed by atoms with Crippen LogP contribution in [-0.4, -0.2) is 30.6 Å². The monoisotopic (exact) mass is 280 g/mol. The van der Waals surface area contributed by atoms with Crippen LogP contribution in [0.25, 0.3) is 0 Å². The van der Waals surface area contributed by atoms with Gasteiger partial charge in [0.05, 0.1) is 0 Å². The van der Waals surface area contributed by atoms with Gasteiger partial charge in [0.1, 0.15) is 0 Å². The van der Waals surface area contributed by atoms with Crippen LogP contribution in [0.1, 0.15) is 45.6 Å². The van der Waals surface area contributed by atoms with Gasteiger partial charge in [-0.2, -0.15) is 11.3 Å². The van der Waals surface area contributed by atoms with Gasteiger partial charge >= 0.3 is 0 Å². The first-order chi connectivity index (χ1) is 9.04. The minimum absolute atomic E-state index is 0.444. The molecular formula is C16H28N2S. The summed E-state index contributed by atoms with van der Waals surface area (Å²) < 4.78 is 0. The normalized spacial score (nSPS) is 16.2. The lowest BCUT2D eigenvalue weighted by Crippen LogP contribution is -2.34. The highest BCUT2D eigenvalue weighted by molar-refractivity contribution is 7.07. The maximum atomic E-state index is 3.60. The number of hydrogen-bond donors (Lipinski definition) is 1. The summed E-state index contributed by atoms with van der Waals surface area (Å²) in [6.45, 7) is 11.5. The van der Waals surface area contributed by atoms with Crippen molar-refractivity contribution in [2.45, 2.75) is 52.6 Å². The van der Waals surface area contributed by atoms with E-state index < -0.39 is 0 Å². The van der Waals surface area contributed by atoms with Crippen LogP contribution in [0.15, 0.2) is 16.8 Å². The second-order valence-electron chi connectivity index (χ2n) is 6.89. The van der Waals surface area contributed by atoms with E-state index in [0.717, 1.165) is 25.7 Å². The minimum atomic E-state index is 0.444. The predicted molar refractivity (Wildman–Crippen MR) is 84.7 cm³/mol. The molecule has 1 N–H and O–H groups in total. The number of thiophene rings is 1. The summed E-state index contributed by atoms with van der Waals surface area (Å²) in [5, 5.41) is 8.06. The van der Waals surface area contributed by atoms with Gasteiger partial charge in [-0.25, -0.2) is 0 Å². The third-order valence-electron chi connectivity index (χ3n) is 3.66. The number of nitrogens with zero attached hydrogens (tertiary/aromatic N) is 1. The Bertz CT molecular complexity index is 349. The number of nitrogens with one attached hydrogen (secondary N) is 1. The maximum absolute atomic E-state index is 3.60. The summed E-state index contributed by atoms with van der Waals surface area (Å²) in [7, 11) is 0. The second kappa shape index (κ2) is 6.87. The molecule has 2 nitrogen and oxygen atoms in total. The molecule has 1 aromatic rings. The lowest BCUT2D eigenvalue weighted by Gasteiger charge is -2.23. The van der Waals surface area contributed by atoms with Gasteiger partial charge in [-0.3, -0.25) is 4.90 Å². The molecule has 0 atom stereocenters. The number of hydrogen-bond acceptors (Lipinski definition) is 3. The van der Waals surface area contributed by atoms with E-state index in [2.05, 4.69) is 47.8 Å². The summed E-state index contributed by atoms with van der Waals surface area (Å²) in [4.78, 5) is 2.64. The highest BCUT2D eigenvalue weighted by atomic mass is 32.1. The molecule has 1 aliphatic carbocycles. The van der Waals surface area contributed by atoms with Crippen LogP contribution in [0.3, 0.4) is 0 Å². The van der Waals surface area contributed by atoms with Crippen molar-refractivity contribution >= 4 is 11.3 Å². The highest BCUT2D eigenvalue weighted by Gasteiger charge is 2.28. The fourth-order valence-electron chi connectivity index (χ4n) is 2.26. The Balaban J connectivity index is 1.64. The molecule has 19 heavy (non-hydrogen) atoms. The van der Waals surface area contributed by atoms with Crippen LogP contribution in [0.4, 0.5) is 0 Å². The summed E-state index contributed by atoms with van der Waals surface area (Å²) in [5.41, 5.74) is 1.92. The van der Waals surface area contributed by atoms with Crippen LogP contribution >= 0.6 is 11.3 Å². The van der Waals surface area contributed by atoms with Crippen LogP contribution in [0, 0.1) is 5.41 Å². The molecule has 2 rings (SSSR count). The average Bonchev–Trinajstić information content (AvgIpc) is 3.04. The third kappa shape index (κ3) is 6.07. The van der Waals surface area contributed by atoms with E-state index in [4.69, 9.17) is 0 Å². The molecule has 0 unspecified atom stereocenters.